The highest BCUT2D eigenvalue weighted by atomic mass is 16.2. The number of aromatic nitrogens is 3. The van der Waals surface area contributed by atoms with Crippen LogP contribution < -0.4 is 0 Å². The summed E-state index contributed by atoms with van der Waals surface area (Å²) in [5.41, 5.74) is 2.41. The van der Waals surface area contributed by atoms with Gasteiger partial charge in [-0.05, 0) is 65.2 Å². The summed E-state index contributed by atoms with van der Waals surface area (Å²) in [7, 11) is 4.17. The van der Waals surface area contributed by atoms with Crippen LogP contribution in [-0.4, -0.2) is 63.5 Å². The van der Waals surface area contributed by atoms with Crippen LogP contribution in [0.15, 0.2) is 18.6 Å². The first-order chi connectivity index (χ1) is 12.1. The lowest BCUT2D eigenvalue weighted by Crippen LogP contribution is -2.44. The molecule has 134 valence electrons. The molecule has 2 fully saturated rings. The van der Waals surface area contributed by atoms with Crippen molar-refractivity contribution >= 4 is 17.1 Å². The van der Waals surface area contributed by atoms with Crippen molar-refractivity contribution in [3.8, 4) is 0 Å². The largest absolute Gasteiger partial charge is 0.336 e. The van der Waals surface area contributed by atoms with E-state index in [1.165, 1.54) is 19.3 Å². The Kier molecular flexibility index (Phi) is 4.46. The van der Waals surface area contributed by atoms with Crippen LogP contribution in [0.1, 0.15) is 54.9 Å². The maximum absolute atomic E-state index is 13.1. The van der Waals surface area contributed by atoms with Gasteiger partial charge in [-0.1, -0.05) is 0 Å². The highest BCUT2D eigenvalue weighted by Gasteiger charge is 2.29. The fourth-order valence-electron chi connectivity index (χ4n) is 3.80. The van der Waals surface area contributed by atoms with Gasteiger partial charge in [0, 0.05) is 24.8 Å². The summed E-state index contributed by atoms with van der Waals surface area (Å²) in [4.78, 5) is 26.4. The van der Waals surface area contributed by atoms with Crippen LogP contribution in [0.5, 0.6) is 0 Å². The molecule has 1 saturated carbocycles. The third kappa shape index (κ3) is 3.40. The second-order valence-electron chi connectivity index (χ2n) is 7.69. The number of piperidine rings is 1. The van der Waals surface area contributed by atoms with E-state index in [1.807, 2.05) is 12.4 Å². The molecule has 1 aliphatic carbocycles. The van der Waals surface area contributed by atoms with Crippen molar-refractivity contribution < 1.29 is 4.79 Å². The SMILES string of the molecule is CN(C)CCC1CCCCN1C(=O)c1cnc2c(c1)ncn2C1CC1. The molecule has 4 rings (SSSR count). The quantitative estimate of drug-likeness (QED) is 0.839. The van der Waals surface area contributed by atoms with Gasteiger partial charge in [0.2, 0.25) is 0 Å². The standard InChI is InChI=1S/C19H27N5O/c1-22(2)10-8-15-5-3-4-9-23(15)19(25)14-11-17-18(20-12-14)24(13-21-17)16-6-7-16/h11-13,15-16H,3-10H2,1-2H3. The summed E-state index contributed by atoms with van der Waals surface area (Å²) in [5.74, 6) is 0.110. The van der Waals surface area contributed by atoms with Crippen LogP contribution in [0.2, 0.25) is 0 Å². The maximum atomic E-state index is 13.1. The molecule has 25 heavy (non-hydrogen) atoms. The third-order valence-corrected chi connectivity index (χ3v) is 5.40. The molecule has 1 unspecified atom stereocenters. The zero-order valence-electron chi connectivity index (χ0n) is 15.2. The first kappa shape index (κ1) is 16.5. The molecule has 0 radical (unpaired) electrons. The zero-order chi connectivity index (χ0) is 17.4. The molecule has 0 aromatic carbocycles. The van der Waals surface area contributed by atoms with E-state index in [0.29, 0.717) is 17.6 Å². The van der Waals surface area contributed by atoms with Gasteiger partial charge in [-0.3, -0.25) is 4.79 Å². The van der Waals surface area contributed by atoms with Gasteiger partial charge < -0.3 is 14.4 Å². The lowest BCUT2D eigenvalue weighted by atomic mass is 9.98. The number of hydrogen-bond donors (Lipinski definition) is 0. The fourth-order valence-corrected chi connectivity index (χ4v) is 3.80. The summed E-state index contributed by atoms with van der Waals surface area (Å²) >= 11 is 0. The van der Waals surface area contributed by atoms with Gasteiger partial charge in [0.1, 0.15) is 5.52 Å². The Morgan fingerprint density at radius 2 is 2.08 bits per heavy atom. The molecule has 1 amide bonds. The molecule has 6 nitrogen and oxygen atoms in total. The molecule has 2 aromatic rings. The first-order valence-electron chi connectivity index (χ1n) is 9.42. The number of imidazole rings is 1. The van der Waals surface area contributed by atoms with Crippen LogP contribution in [0, 0.1) is 0 Å². The molecule has 1 aliphatic heterocycles. The lowest BCUT2D eigenvalue weighted by molar-refractivity contribution is 0.0591. The Morgan fingerprint density at radius 3 is 2.84 bits per heavy atom. The van der Waals surface area contributed by atoms with Gasteiger partial charge >= 0.3 is 0 Å². The van der Waals surface area contributed by atoms with Crippen LogP contribution >= 0.6 is 0 Å². The Balaban J connectivity index is 1.55. The summed E-state index contributed by atoms with van der Waals surface area (Å²) < 4.78 is 2.14. The predicted molar refractivity (Wildman–Crippen MR) is 97.6 cm³/mol. The maximum Gasteiger partial charge on any atom is 0.255 e. The summed E-state index contributed by atoms with van der Waals surface area (Å²) in [6, 6.07) is 2.81. The molecule has 0 spiro atoms. The van der Waals surface area contributed by atoms with Gasteiger partial charge in [0.25, 0.3) is 5.91 Å². The Morgan fingerprint density at radius 1 is 1.24 bits per heavy atom. The number of likely N-dealkylation sites (tertiary alicyclic amines) is 1. The monoisotopic (exact) mass is 341 g/mol. The topological polar surface area (TPSA) is 54.3 Å². The van der Waals surface area contributed by atoms with E-state index in [-0.39, 0.29) is 5.91 Å². The second-order valence-corrected chi connectivity index (χ2v) is 7.69. The van der Waals surface area contributed by atoms with Crippen molar-refractivity contribution in [2.45, 2.75) is 50.6 Å². The highest BCUT2D eigenvalue weighted by molar-refractivity contribution is 5.96. The lowest BCUT2D eigenvalue weighted by Gasteiger charge is -2.36. The van der Waals surface area contributed by atoms with Crippen LogP contribution in [0.4, 0.5) is 0 Å². The van der Waals surface area contributed by atoms with Crippen LogP contribution in [0.3, 0.4) is 0 Å². The van der Waals surface area contributed by atoms with E-state index in [9.17, 15) is 4.79 Å². The molecule has 2 aromatic heterocycles. The molecular formula is C19H27N5O. The van der Waals surface area contributed by atoms with Gasteiger partial charge in [-0.15, -0.1) is 0 Å². The number of amides is 1. The number of hydrogen-bond acceptors (Lipinski definition) is 4. The minimum atomic E-state index is 0.110. The van der Waals surface area contributed by atoms with Crippen molar-refractivity contribution in [2.75, 3.05) is 27.2 Å². The van der Waals surface area contributed by atoms with E-state index in [1.54, 1.807) is 6.20 Å². The molecular weight excluding hydrogens is 314 g/mol. The second kappa shape index (κ2) is 6.75. The van der Waals surface area contributed by atoms with Crippen molar-refractivity contribution in [3.05, 3.63) is 24.2 Å². The number of rotatable bonds is 5. The summed E-state index contributed by atoms with van der Waals surface area (Å²) in [5, 5.41) is 0. The Labute approximate surface area is 148 Å². The van der Waals surface area contributed by atoms with Crippen molar-refractivity contribution in [3.63, 3.8) is 0 Å². The van der Waals surface area contributed by atoms with E-state index in [0.717, 1.165) is 43.5 Å². The van der Waals surface area contributed by atoms with Gasteiger partial charge in [0.15, 0.2) is 5.65 Å². The van der Waals surface area contributed by atoms with E-state index in [4.69, 9.17) is 0 Å². The highest BCUT2D eigenvalue weighted by Crippen LogP contribution is 2.36. The molecule has 1 atom stereocenters. The normalized spacial score (nSPS) is 21.2. The number of carbonyl (C=O) groups excluding carboxylic acids is 1. The van der Waals surface area contributed by atoms with Gasteiger partial charge in [-0.25, -0.2) is 9.97 Å². The van der Waals surface area contributed by atoms with Crippen molar-refractivity contribution in [2.24, 2.45) is 0 Å². The predicted octanol–water partition coefficient (Wildman–Crippen LogP) is 2.71. The Hall–Kier alpha value is -1.95. The number of pyridine rings is 1. The number of carbonyl (C=O) groups is 1. The summed E-state index contributed by atoms with van der Waals surface area (Å²) in [6.07, 6.45) is 10.5. The molecule has 3 heterocycles. The van der Waals surface area contributed by atoms with E-state index < -0.39 is 0 Å². The van der Waals surface area contributed by atoms with E-state index in [2.05, 4.69) is 38.4 Å². The van der Waals surface area contributed by atoms with Gasteiger partial charge in [0.05, 0.1) is 11.9 Å². The van der Waals surface area contributed by atoms with Crippen LogP contribution in [0.25, 0.3) is 11.2 Å². The van der Waals surface area contributed by atoms with Gasteiger partial charge in [-0.2, -0.15) is 0 Å². The minimum Gasteiger partial charge on any atom is -0.336 e. The molecule has 1 saturated heterocycles. The summed E-state index contributed by atoms with van der Waals surface area (Å²) in [6.45, 7) is 1.86. The zero-order valence-corrected chi connectivity index (χ0v) is 15.2. The first-order valence-corrected chi connectivity index (χ1v) is 9.42. The fraction of sp³-hybridized carbons (Fsp3) is 0.632. The average Bonchev–Trinajstić information content (AvgIpc) is 3.38. The van der Waals surface area contributed by atoms with Crippen molar-refractivity contribution in [1.29, 1.82) is 0 Å². The molecule has 2 aliphatic rings. The van der Waals surface area contributed by atoms with E-state index >= 15 is 0 Å². The van der Waals surface area contributed by atoms with Crippen molar-refractivity contribution in [1.82, 2.24) is 24.3 Å². The molecule has 0 bridgehead atoms. The van der Waals surface area contributed by atoms with Crippen LogP contribution in [-0.2, 0) is 0 Å². The number of nitrogens with zero attached hydrogens (tertiary/aromatic N) is 5. The Bertz CT molecular complexity index is 764. The smallest absolute Gasteiger partial charge is 0.255 e. The molecule has 0 N–H and O–H groups in total. The molecule has 6 heteroatoms. The average molecular weight is 341 g/mol. The number of fused-ring (bicyclic) bond motifs is 1. The minimum absolute atomic E-state index is 0.110. The third-order valence-electron chi connectivity index (χ3n) is 5.40.